The molecule has 2 fully saturated rings. The molecule has 0 radical (unpaired) electrons. The molecule has 2 nitrogen and oxygen atoms in total. The van der Waals surface area contributed by atoms with Gasteiger partial charge in [0.15, 0.2) is 0 Å². The fourth-order valence-electron chi connectivity index (χ4n) is 3.42. The molecule has 0 aromatic carbocycles. The van der Waals surface area contributed by atoms with Crippen molar-refractivity contribution in [3.05, 3.63) is 22.4 Å². The van der Waals surface area contributed by atoms with Crippen LogP contribution < -0.4 is 5.32 Å². The molecule has 0 spiro atoms. The Bertz CT molecular complexity index is 353. The van der Waals surface area contributed by atoms with Gasteiger partial charge in [-0.05, 0) is 55.5 Å². The molecule has 1 aromatic rings. The summed E-state index contributed by atoms with van der Waals surface area (Å²) >= 11 is 1.88. The number of rotatable bonds is 5. The fraction of sp³-hybridized carbons (Fsp3) is 0.733. The second kappa shape index (κ2) is 5.72. The van der Waals surface area contributed by atoms with Gasteiger partial charge in [0, 0.05) is 10.9 Å². The van der Waals surface area contributed by atoms with Crippen molar-refractivity contribution in [1.29, 1.82) is 0 Å². The van der Waals surface area contributed by atoms with Crippen molar-refractivity contribution in [2.75, 3.05) is 6.54 Å². The number of hydrogen-bond donors (Lipinski definition) is 2. The van der Waals surface area contributed by atoms with Gasteiger partial charge in [-0.1, -0.05) is 18.9 Å². The van der Waals surface area contributed by atoms with Crippen molar-refractivity contribution in [2.45, 2.75) is 50.7 Å². The average Bonchev–Trinajstić information content (AvgIpc) is 2.99. The molecule has 1 heterocycles. The van der Waals surface area contributed by atoms with Gasteiger partial charge < -0.3 is 10.4 Å². The lowest BCUT2D eigenvalue weighted by molar-refractivity contribution is 0.0409. The maximum atomic E-state index is 9.35. The third-order valence-corrected chi connectivity index (χ3v) is 5.51. The number of thiophene rings is 1. The fourth-order valence-corrected chi connectivity index (χ4v) is 4.31. The molecule has 2 N–H and O–H groups in total. The lowest BCUT2D eigenvalue weighted by atomic mass is 9.82. The first kappa shape index (κ1) is 12.6. The largest absolute Gasteiger partial charge is 0.393 e. The summed E-state index contributed by atoms with van der Waals surface area (Å²) in [6.45, 7) is 1.08. The number of nitrogens with one attached hydrogen (secondary N) is 1. The average molecular weight is 265 g/mol. The van der Waals surface area contributed by atoms with Crippen molar-refractivity contribution in [1.82, 2.24) is 5.32 Å². The van der Waals surface area contributed by atoms with E-state index < -0.39 is 0 Å². The zero-order valence-electron chi connectivity index (χ0n) is 10.8. The van der Waals surface area contributed by atoms with E-state index in [1.165, 1.54) is 30.6 Å². The van der Waals surface area contributed by atoms with Crippen molar-refractivity contribution in [3.63, 3.8) is 0 Å². The van der Waals surface area contributed by atoms with Crippen molar-refractivity contribution >= 4 is 11.3 Å². The predicted molar refractivity (Wildman–Crippen MR) is 75.8 cm³/mol. The van der Waals surface area contributed by atoms with E-state index in [2.05, 4.69) is 22.8 Å². The summed E-state index contributed by atoms with van der Waals surface area (Å²) in [6, 6.07) is 5.00. The summed E-state index contributed by atoms with van der Waals surface area (Å²) < 4.78 is 0. The topological polar surface area (TPSA) is 32.3 Å². The van der Waals surface area contributed by atoms with Crippen LogP contribution in [0.3, 0.4) is 0 Å². The van der Waals surface area contributed by atoms with E-state index >= 15 is 0 Å². The minimum atomic E-state index is -0.0246. The highest BCUT2D eigenvalue weighted by molar-refractivity contribution is 7.10. The van der Waals surface area contributed by atoms with Crippen LogP contribution in [0.2, 0.25) is 0 Å². The highest BCUT2D eigenvalue weighted by Crippen LogP contribution is 2.38. The van der Waals surface area contributed by atoms with E-state index in [0.717, 1.165) is 25.3 Å². The summed E-state index contributed by atoms with van der Waals surface area (Å²) in [5.74, 6) is 1.53. The molecule has 2 aliphatic rings. The van der Waals surface area contributed by atoms with Gasteiger partial charge in [0.05, 0.1) is 6.10 Å². The van der Waals surface area contributed by atoms with Crippen LogP contribution >= 0.6 is 11.3 Å². The van der Waals surface area contributed by atoms with E-state index in [0.29, 0.717) is 12.0 Å². The van der Waals surface area contributed by atoms with E-state index in [1.54, 1.807) is 0 Å². The van der Waals surface area contributed by atoms with Gasteiger partial charge >= 0.3 is 0 Å². The summed E-state index contributed by atoms with van der Waals surface area (Å²) in [4.78, 5) is 1.50. The molecule has 18 heavy (non-hydrogen) atoms. The first-order chi connectivity index (χ1) is 8.83. The van der Waals surface area contributed by atoms with Crippen LogP contribution in [0, 0.1) is 11.8 Å². The van der Waals surface area contributed by atoms with Crippen LogP contribution in [-0.2, 0) is 0 Å². The smallest absolute Gasteiger partial charge is 0.0546 e. The molecule has 3 heteroatoms. The van der Waals surface area contributed by atoms with Gasteiger partial charge in [0.25, 0.3) is 0 Å². The van der Waals surface area contributed by atoms with E-state index in [9.17, 15) is 5.11 Å². The molecule has 2 saturated carbocycles. The van der Waals surface area contributed by atoms with Crippen LogP contribution in [-0.4, -0.2) is 17.8 Å². The van der Waals surface area contributed by atoms with Gasteiger partial charge in [0.1, 0.15) is 0 Å². The van der Waals surface area contributed by atoms with Gasteiger partial charge in [-0.2, -0.15) is 0 Å². The normalized spacial score (nSPS) is 30.3. The summed E-state index contributed by atoms with van der Waals surface area (Å²) in [7, 11) is 0. The first-order valence-corrected chi connectivity index (χ1v) is 8.15. The van der Waals surface area contributed by atoms with Crippen molar-refractivity contribution in [2.24, 2.45) is 11.8 Å². The van der Waals surface area contributed by atoms with Crippen LogP contribution in [0.4, 0.5) is 0 Å². The van der Waals surface area contributed by atoms with Crippen molar-refractivity contribution < 1.29 is 5.11 Å². The summed E-state index contributed by atoms with van der Waals surface area (Å²) in [5.41, 5.74) is 0. The Morgan fingerprint density at radius 2 is 2.11 bits per heavy atom. The van der Waals surface area contributed by atoms with E-state index in [1.807, 2.05) is 11.3 Å². The molecule has 100 valence electrons. The minimum Gasteiger partial charge on any atom is -0.393 e. The summed E-state index contributed by atoms with van der Waals surface area (Å²) in [6.07, 6.45) is 7.52. The Labute approximate surface area is 113 Å². The van der Waals surface area contributed by atoms with E-state index in [-0.39, 0.29) is 6.10 Å². The Hall–Kier alpha value is -0.380. The lowest BCUT2D eigenvalue weighted by Crippen LogP contribution is -2.38. The molecule has 0 saturated heterocycles. The molecular weight excluding hydrogens is 242 g/mol. The van der Waals surface area contributed by atoms with Crippen LogP contribution in [0.15, 0.2) is 17.5 Å². The van der Waals surface area contributed by atoms with Gasteiger partial charge in [-0.25, -0.2) is 0 Å². The Balaban J connectivity index is 1.58. The van der Waals surface area contributed by atoms with Gasteiger partial charge in [-0.15, -0.1) is 11.3 Å². The van der Waals surface area contributed by atoms with E-state index in [4.69, 9.17) is 0 Å². The molecule has 1 aromatic heterocycles. The lowest BCUT2D eigenvalue weighted by Gasteiger charge is -2.34. The molecule has 0 aliphatic heterocycles. The SMILES string of the molecule is OC1CC(CNC(c2cccs2)C2CCCC2)C1. The predicted octanol–water partition coefficient (Wildman–Crippen LogP) is 3.34. The maximum Gasteiger partial charge on any atom is 0.0546 e. The highest BCUT2D eigenvalue weighted by atomic mass is 32.1. The Kier molecular flexibility index (Phi) is 4.02. The second-order valence-corrected chi connectivity index (χ2v) is 6.92. The molecular formula is C15H23NOS. The monoisotopic (exact) mass is 265 g/mol. The zero-order valence-corrected chi connectivity index (χ0v) is 11.7. The molecule has 0 amide bonds. The molecule has 0 bridgehead atoms. The maximum absolute atomic E-state index is 9.35. The Morgan fingerprint density at radius 1 is 1.33 bits per heavy atom. The third-order valence-electron chi connectivity index (χ3n) is 4.56. The van der Waals surface area contributed by atoms with Crippen LogP contribution in [0.5, 0.6) is 0 Å². The molecule has 1 unspecified atom stereocenters. The number of aliphatic hydroxyl groups excluding tert-OH is 1. The molecule has 3 rings (SSSR count). The second-order valence-electron chi connectivity index (χ2n) is 5.94. The van der Waals surface area contributed by atoms with Gasteiger partial charge in [-0.3, -0.25) is 0 Å². The highest BCUT2D eigenvalue weighted by Gasteiger charge is 2.30. The summed E-state index contributed by atoms with van der Waals surface area (Å²) in [5, 5.41) is 15.3. The quantitative estimate of drug-likeness (QED) is 0.856. The molecule has 2 aliphatic carbocycles. The molecule has 1 atom stereocenters. The van der Waals surface area contributed by atoms with Gasteiger partial charge in [0.2, 0.25) is 0 Å². The first-order valence-electron chi connectivity index (χ1n) is 7.28. The van der Waals surface area contributed by atoms with Crippen molar-refractivity contribution in [3.8, 4) is 0 Å². The zero-order chi connectivity index (χ0) is 12.4. The third kappa shape index (κ3) is 2.79. The minimum absolute atomic E-state index is 0.0246. The Morgan fingerprint density at radius 3 is 2.72 bits per heavy atom. The number of aliphatic hydroxyl groups is 1. The standard InChI is InChI=1S/C15H23NOS/c17-13-8-11(9-13)10-16-15(12-4-1-2-5-12)14-6-3-7-18-14/h3,6-7,11-13,15-17H,1-2,4-5,8-10H2. The number of hydrogen-bond acceptors (Lipinski definition) is 3. The van der Waals surface area contributed by atoms with Crippen LogP contribution in [0.1, 0.15) is 49.4 Å². The van der Waals surface area contributed by atoms with Crippen LogP contribution in [0.25, 0.3) is 0 Å².